The van der Waals surface area contributed by atoms with Crippen molar-refractivity contribution in [1.82, 2.24) is 20.7 Å². The number of piperidine rings is 1. The lowest BCUT2D eigenvalue weighted by molar-refractivity contribution is -0.135. The molecule has 2 fully saturated rings. The first-order valence-corrected chi connectivity index (χ1v) is 10.6. The standard InChI is InChI=1S/C22H36N4O/c1-4-20-17(2)21(24-23-20)22(27)25(3)19-13-9-15-26(16-19)14-8-12-18-10-6-5-7-11-18/h5-7,10-11,17,19-21,23-24H,4,8-9,12-16H2,1-3H3. The number of nitrogens with one attached hydrogen (secondary N) is 2. The van der Waals surface area contributed by atoms with E-state index in [1.54, 1.807) is 0 Å². The smallest absolute Gasteiger partial charge is 0.241 e. The quantitative estimate of drug-likeness (QED) is 0.772. The minimum Gasteiger partial charge on any atom is -0.340 e. The summed E-state index contributed by atoms with van der Waals surface area (Å²) in [6, 6.07) is 11.3. The maximum Gasteiger partial charge on any atom is 0.241 e. The van der Waals surface area contributed by atoms with Crippen molar-refractivity contribution in [3.05, 3.63) is 35.9 Å². The highest BCUT2D eigenvalue weighted by Gasteiger charge is 2.39. The SMILES string of the molecule is CCC1NNC(C(=O)N(C)C2CCCN(CCCc3ccccc3)C2)C1C. The van der Waals surface area contributed by atoms with Crippen LogP contribution in [0.1, 0.15) is 45.1 Å². The number of carbonyl (C=O) groups excluding carboxylic acids is 1. The number of rotatable bonds is 7. The van der Waals surface area contributed by atoms with Gasteiger partial charge < -0.3 is 9.80 Å². The third kappa shape index (κ3) is 5.09. The van der Waals surface area contributed by atoms with E-state index >= 15 is 0 Å². The minimum absolute atomic E-state index is 0.103. The molecule has 1 amide bonds. The summed E-state index contributed by atoms with van der Waals surface area (Å²) in [6.45, 7) is 7.62. The van der Waals surface area contributed by atoms with Gasteiger partial charge in [-0.25, -0.2) is 5.43 Å². The maximum atomic E-state index is 13.0. The van der Waals surface area contributed by atoms with Crippen molar-refractivity contribution >= 4 is 5.91 Å². The molecule has 1 aromatic carbocycles. The number of likely N-dealkylation sites (tertiary alicyclic amines) is 1. The molecule has 3 rings (SSSR count). The zero-order chi connectivity index (χ0) is 19.2. The molecule has 4 unspecified atom stereocenters. The molecule has 1 aromatic rings. The van der Waals surface area contributed by atoms with Gasteiger partial charge in [0.2, 0.25) is 5.91 Å². The lowest BCUT2D eigenvalue weighted by Gasteiger charge is -2.39. The Kier molecular flexibility index (Phi) is 7.27. The van der Waals surface area contributed by atoms with E-state index in [9.17, 15) is 4.79 Å². The Morgan fingerprint density at radius 2 is 2.04 bits per heavy atom. The van der Waals surface area contributed by atoms with Crippen LogP contribution in [-0.2, 0) is 11.2 Å². The summed E-state index contributed by atoms with van der Waals surface area (Å²) in [6.07, 6.45) is 5.64. The largest absolute Gasteiger partial charge is 0.340 e. The molecule has 150 valence electrons. The first-order valence-electron chi connectivity index (χ1n) is 10.6. The van der Waals surface area contributed by atoms with E-state index in [1.165, 1.54) is 18.4 Å². The fourth-order valence-corrected chi connectivity index (χ4v) is 4.55. The lowest BCUT2D eigenvalue weighted by atomic mass is 9.93. The number of hydrogen-bond acceptors (Lipinski definition) is 4. The van der Waals surface area contributed by atoms with Gasteiger partial charge in [-0.3, -0.25) is 10.2 Å². The van der Waals surface area contributed by atoms with Crippen molar-refractivity contribution in [2.75, 3.05) is 26.7 Å². The minimum atomic E-state index is -0.103. The molecule has 27 heavy (non-hydrogen) atoms. The van der Waals surface area contributed by atoms with Crippen molar-refractivity contribution < 1.29 is 4.79 Å². The number of likely N-dealkylation sites (N-methyl/N-ethyl adjacent to an activating group) is 1. The average Bonchev–Trinajstić information content (AvgIpc) is 3.08. The Morgan fingerprint density at radius 3 is 2.74 bits per heavy atom. The number of hydrazine groups is 1. The van der Waals surface area contributed by atoms with Crippen LogP contribution in [0.3, 0.4) is 0 Å². The molecule has 0 radical (unpaired) electrons. The fourth-order valence-electron chi connectivity index (χ4n) is 4.55. The van der Waals surface area contributed by atoms with Crippen LogP contribution in [-0.4, -0.2) is 60.5 Å². The Balaban J connectivity index is 1.47. The molecule has 0 saturated carbocycles. The van der Waals surface area contributed by atoms with Crippen LogP contribution in [0.4, 0.5) is 0 Å². The van der Waals surface area contributed by atoms with Crippen molar-refractivity contribution in [3.63, 3.8) is 0 Å². The second-order valence-electron chi connectivity index (χ2n) is 8.28. The Morgan fingerprint density at radius 1 is 1.26 bits per heavy atom. The number of nitrogens with zero attached hydrogens (tertiary/aromatic N) is 2. The van der Waals surface area contributed by atoms with Crippen molar-refractivity contribution in [2.45, 2.75) is 64.1 Å². The van der Waals surface area contributed by atoms with Crippen molar-refractivity contribution in [3.8, 4) is 0 Å². The third-order valence-corrected chi connectivity index (χ3v) is 6.45. The molecule has 0 aliphatic carbocycles. The summed E-state index contributed by atoms with van der Waals surface area (Å²) in [5, 5.41) is 0. The summed E-state index contributed by atoms with van der Waals surface area (Å²) in [5.74, 6) is 0.567. The molecular weight excluding hydrogens is 336 g/mol. The second kappa shape index (κ2) is 9.67. The molecule has 2 heterocycles. The van der Waals surface area contributed by atoms with Gasteiger partial charge in [-0.1, -0.05) is 44.2 Å². The van der Waals surface area contributed by atoms with Crippen LogP contribution >= 0.6 is 0 Å². The number of aryl methyl sites for hydroxylation is 1. The highest BCUT2D eigenvalue weighted by atomic mass is 16.2. The highest BCUT2D eigenvalue weighted by molar-refractivity contribution is 5.82. The van der Waals surface area contributed by atoms with Gasteiger partial charge in [-0.15, -0.1) is 0 Å². The predicted octanol–water partition coefficient (Wildman–Crippen LogP) is 2.43. The van der Waals surface area contributed by atoms with Crippen LogP contribution in [0.15, 0.2) is 30.3 Å². The summed E-state index contributed by atoms with van der Waals surface area (Å²) in [4.78, 5) is 17.6. The van der Waals surface area contributed by atoms with Gasteiger partial charge in [0, 0.05) is 25.7 Å². The summed E-state index contributed by atoms with van der Waals surface area (Å²) < 4.78 is 0. The number of amides is 1. The number of hydrogen-bond donors (Lipinski definition) is 2. The van der Waals surface area contributed by atoms with Crippen molar-refractivity contribution in [1.29, 1.82) is 0 Å². The normalized spacial score (nSPS) is 29.0. The Bertz CT molecular complexity index is 593. The van der Waals surface area contributed by atoms with Gasteiger partial charge in [-0.05, 0) is 56.7 Å². The van der Waals surface area contributed by atoms with Crippen LogP contribution in [0.25, 0.3) is 0 Å². The van der Waals surface area contributed by atoms with E-state index < -0.39 is 0 Å². The van der Waals surface area contributed by atoms with Gasteiger partial charge in [-0.2, -0.15) is 0 Å². The van der Waals surface area contributed by atoms with E-state index in [4.69, 9.17) is 0 Å². The monoisotopic (exact) mass is 372 g/mol. The second-order valence-corrected chi connectivity index (χ2v) is 8.28. The molecule has 0 aromatic heterocycles. The van der Waals surface area contributed by atoms with Gasteiger partial charge >= 0.3 is 0 Å². The summed E-state index contributed by atoms with van der Waals surface area (Å²) in [7, 11) is 1.99. The first-order chi connectivity index (χ1) is 13.1. The van der Waals surface area contributed by atoms with Gasteiger partial charge in [0.25, 0.3) is 0 Å². The Labute approximate surface area is 164 Å². The van der Waals surface area contributed by atoms with E-state index in [0.717, 1.165) is 38.9 Å². The maximum absolute atomic E-state index is 13.0. The molecule has 5 nitrogen and oxygen atoms in total. The molecule has 2 aliphatic rings. The summed E-state index contributed by atoms with van der Waals surface area (Å²) >= 11 is 0. The van der Waals surface area contributed by atoms with Gasteiger partial charge in [0.15, 0.2) is 0 Å². The van der Waals surface area contributed by atoms with Gasteiger partial charge in [0.1, 0.15) is 6.04 Å². The average molecular weight is 373 g/mol. The summed E-state index contributed by atoms with van der Waals surface area (Å²) in [5.41, 5.74) is 7.94. The molecule has 0 bridgehead atoms. The fraction of sp³-hybridized carbons (Fsp3) is 0.682. The number of carbonyl (C=O) groups is 1. The van der Waals surface area contributed by atoms with Crippen molar-refractivity contribution in [2.24, 2.45) is 5.92 Å². The highest BCUT2D eigenvalue weighted by Crippen LogP contribution is 2.22. The molecule has 2 saturated heterocycles. The van der Waals surface area contributed by atoms with Crippen LogP contribution < -0.4 is 10.9 Å². The first kappa shape index (κ1) is 20.3. The zero-order valence-corrected chi connectivity index (χ0v) is 17.2. The van der Waals surface area contributed by atoms with E-state index in [2.05, 4.69) is 59.9 Å². The Hall–Kier alpha value is -1.43. The molecular formula is C22H36N4O. The van der Waals surface area contributed by atoms with Gasteiger partial charge in [0.05, 0.1) is 0 Å². The zero-order valence-electron chi connectivity index (χ0n) is 17.2. The van der Waals surface area contributed by atoms with E-state index in [1.807, 2.05) is 11.9 Å². The predicted molar refractivity (Wildman–Crippen MR) is 110 cm³/mol. The molecule has 4 atom stereocenters. The van der Waals surface area contributed by atoms with Crippen LogP contribution in [0, 0.1) is 5.92 Å². The van der Waals surface area contributed by atoms with E-state index in [0.29, 0.717) is 18.0 Å². The molecule has 0 spiro atoms. The third-order valence-electron chi connectivity index (χ3n) is 6.45. The van der Waals surface area contributed by atoms with E-state index in [-0.39, 0.29) is 11.9 Å². The molecule has 2 aliphatic heterocycles. The van der Waals surface area contributed by atoms with Crippen LogP contribution in [0.2, 0.25) is 0 Å². The molecule has 5 heteroatoms. The lowest BCUT2D eigenvalue weighted by Crippen LogP contribution is -2.54. The van der Waals surface area contributed by atoms with Crippen LogP contribution in [0.5, 0.6) is 0 Å². The molecule has 2 N–H and O–H groups in total. The number of benzene rings is 1. The topological polar surface area (TPSA) is 47.6 Å².